The largest absolute Gasteiger partial charge is 0.367 e. The molecular formula is C20H19Cl3N2O3. The number of benzene rings is 2. The molecule has 1 unspecified atom stereocenters. The zero-order valence-electron chi connectivity index (χ0n) is 14.9. The van der Waals surface area contributed by atoms with Crippen LogP contribution in [0.4, 0.5) is 0 Å². The Hall–Kier alpha value is -1.63. The van der Waals surface area contributed by atoms with Gasteiger partial charge in [-0.3, -0.25) is 14.5 Å². The summed E-state index contributed by atoms with van der Waals surface area (Å²) in [5.74, 6) is -0.606. The van der Waals surface area contributed by atoms with Crippen molar-refractivity contribution < 1.29 is 14.3 Å². The van der Waals surface area contributed by atoms with Crippen molar-refractivity contribution in [2.75, 3.05) is 26.2 Å². The minimum Gasteiger partial charge on any atom is -0.367 e. The van der Waals surface area contributed by atoms with E-state index in [4.69, 9.17) is 27.9 Å². The van der Waals surface area contributed by atoms with Crippen LogP contribution in [0.15, 0.2) is 42.5 Å². The molecule has 1 atom stereocenters. The van der Waals surface area contributed by atoms with Crippen LogP contribution in [0, 0.1) is 0 Å². The van der Waals surface area contributed by atoms with E-state index in [1.807, 2.05) is 6.07 Å². The Morgan fingerprint density at radius 3 is 2.36 bits per heavy atom. The number of nitrogens with one attached hydrogen (secondary N) is 1. The van der Waals surface area contributed by atoms with Crippen molar-refractivity contribution in [3.8, 4) is 0 Å². The van der Waals surface area contributed by atoms with Crippen LogP contribution in [0.25, 0.3) is 0 Å². The fourth-order valence-electron chi connectivity index (χ4n) is 3.60. The van der Waals surface area contributed by atoms with Gasteiger partial charge in [0.2, 0.25) is 0 Å². The number of rotatable bonds is 3. The molecule has 0 aliphatic carbocycles. The molecule has 4 rings (SSSR count). The number of imide groups is 1. The Balaban J connectivity index is 0.00000225. The summed E-state index contributed by atoms with van der Waals surface area (Å²) in [6.07, 6.45) is 0.838. The molecule has 2 aromatic carbocycles. The number of nitrogens with zero attached hydrogens (tertiary/aromatic N) is 1. The number of hydrogen-bond donors (Lipinski definition) is 1. The topological polar surface area (TPSA) is 58.6 Å². The molecule has 0 spiro atoms. The van der Waals surface area contributed by atoms with Gasteiger partial charge in [0, 0.05) is 13.2 Å². The van der Waals surface area contributed by atoms with Crippen molar-refractivity contribution in [3.63, 3.8) is 0 Å². The van der Waals surface area contributed by atoms with E-state index in [9.17, 15) is 9.59 Å². The Labute approximate surface area is 179 Å². The second-order valence-corrected chi connectivity index (χ2v) is 7.56. The molecule has 2 heterocycles. The van der Waals surface area contributed by atoms with Gasteiger partial charge in [-0.2, -0.15) is 0 Å². The molecule has 0 bridgehead atoms. The number of ether oxygens (including phenoxy) is 1. The van der Waals surface area contributed by atoms with Crippen LogP contribution < -0.4 is 5.32 Å². The van der Waals surface area contributed by atoms with Gasteiger partial charge in [-0.1, -0.05) is 41.4 Å². The first-order valence-corrected chi connectivity index (χ1v) is 9.53. The number of carbonyl (C=O) groups excluding carboxylic acids is 2. The highest BCUT2D eigenvalue weighted by atomic mass is 35.5. The second kappa shape index (κ2) is 8.39. The van der Waals surface area contributed by atoms with E-state index in [-0.39, 0.29) is 30.8 Å². The predicted molar refractivity (Wildman–Crippen MR) is 111 cm³/mol. The quantitative estimate of drug-likeness (QED) is 0.734. The van der Waals surface area contributed by atoms with E-state index in [0.29, 0.717) is 34.3 Å². The summed E-state index contributed by atoms with van der Waals surface area (Å²) in [7, 11) is 0. The molecule has 1 fully saturated rings. The van der Waals surface area contributed by atoms with Crippen LogP contribution in [0.2, 0.25) is 10.0 Å². The number of carbonyl (C=O) groups is 2. The summed E-state index contributed by atoms with van der Waals surface area (Å²) in [5.41, 5.74) is 0.738. The fraction of sp³-hybridized carbons (Fsp3) is 0.300. The Bertz CT molecular complexity index is 876. The van der Waals surface area contributed by atoms with Crippen LogP contribution >= 0.6 is 35.6 Å². The third kappa shape index (κ3) is 3.65. The number of fused-ring (bicyclic) bond motifs is 1. The van der Waals surface area contributed by atoms with Crippen LogP contribution in [-0.2, 0) is 10.3 Å². The van der Waals surface area contributed by atoms with E-state index >= 15 is 0 Å². The minimum atomic E-state index is -0.891. The van der Waals surface area contributed by atoms with Gasteiger partial charge in [0.15, 0.2) is 0 Å². The van der Waals surface area contributed by atoms with Gasteiger partial charge in [0.25, 0.3) is 11.8 Å². The summed E-state index contributed by atoms with van der Waals surface area (Å²) >= 11 is 12.3. The molecule has 28 heavy (non-hydrogen) atoms. The van der Waals surface area contributed by atoms with Gasteiger partial charge < -0.3 is 10.1 Å². The highest BCUT2D eigenvalue weighted by molar-refractivity contribution is 6.42. The highest BCUT2D eigenvalue weighted by Gasteiger charge is 2.44. The zero-order valence-corrected chi connectivity index (χ0v) is 17.2. The van der Waals surface area contributed by atoms with Crippen LogP contribution in [0.1, 0.15) is 32.7 Å². The predicted octanol–water partition coefficient (Wildman–Crippen LogP) is 3.92. The van der Waals surface area contributed by atoms with Crippen molar-refractivity contribution in [2.24, 2.45) is 0 Å². The third-order valence-corrected chi connectivity index (χ3v) is 5.76. The van der Waals surface area contributed by atoms with Gasteiger partial charge in [-0.05, 0) is 42.8 Å². The zero-order chi connectivity index (χ0) is 19.0. The van der Waals surface area contributed by atoms with Crippen LogP contribution in [0.3, 0.4) is 0 Å². The number of hydrogen-bond acceptors (Lipinski definition) is 4. The third-order valence-electron chi connectivity index (χ3n) is 5.02. The molecule has 2 aromatic rings. The minimum absolute atomic E-state index is 0. The SMILES string of the molecule is Cl.O=C1c2ccccc2C(=O)N1CC1(c2ccc(Cl)c(Cl)c2)CNCCCO1. The summed E-state index contributed by atoms with van der Waals surface area (Å²) in [6, 6.07) is 12.1. The Kier molecular flexibility index (Phi) is 6.32. The standard InChI is InChI=1S/C20H18Cl2N2O3.ClH/c21-16-7-6-13(10-17(16)22)20(11-23-8-3-9-27-20)12-24-18(25)14-4-1-2-5-15(14)19(24)26;/h1-2,4-7,10,23H,3,8-9,11-12H2;1H. The van der Waals surface area contributed by atoms with Crippen molar-refractivity contribution in [3.05, 3.63) is 69.2 Å². The fourth-order valence-corrected chi connectivity index (χ4v) is 3.90. The molecule has 148 valence electrons. The van der Waals surface area contributed by atoms with Crippen molar-refractivity contribution in [2.45, 2.75) is 12.0 Å². The van der Waals surface area contributed by atoms with Gasteiger partial charge in [-0.25, -0.2) is 0 Å². The molecule has 5 nitrogen and oxygen atoms in total. The first kappa shape index (κ1) is 21.1. The maximum absolute atomic E-state index is 12.8. The van der Waals surface area contributed by atoms with Gasteiger partial charge in [0.05, 0.1) is 27.7 Å². The maximum atomic E-state index is 12.8. The molecule has 2 aliphatic rings. The first-order valence-electron chi connectivity index (χ1n) is 8.77. The molecule has 1 saturated heterocycles. The molecule has 1 N–H and O–H groups in total. The average molecular weight is 442 g/mol. The molecule has 0 aromatic heterocycles. The average Bonchev–Trinajstić information content (AvgIpc) is 2.85. The second-order valence-electron chi connectivity index (χ2n) is 6.74. The van der Waals surface area contributed by atoms with Crippen molar-refractivity contribution >= 4 is 47.4 Å². The molecule has 2 amide bonds. The normalized spacial score (nSPS) is 21.9. The van der Waals surface area contributed by atoms with E-state index < -0.39 is 5.60 Å². The summed E-state index contributed by atoms with van der Waals surface area (Å²) in [6.45, 7) is 1.87. The molecular weight excluding hydrogens is 423 g/mol. The van der Waals surface area contributed by atoms with Gasteiger partial charge >= 0.3 is 0 Å². The van der Waals surface area contributed by atoms with Crippen molar-refractivity contribution in [1.82, 2.24) is 10.2 Å². The lowest BCUT2D eigenvalue weighted by Gasteiger charge is -2.36. The first-order chi connectivity index (χ1) is 13.0. The van der Waals surface area contributed by atoms with Gasteiger partial charge in [-0.15, -0.1) is 12.4 Å². The van der Waals surface area contributed by atoms with E-state index in [0.717, 1.165) is 18.5 Å². The molecule has 8 heteroatoms. The van der Waals surface area contributed by atoms with E-state index in [1.54, 1.807) is 36.4 Å². The number of halogens is 3. The lowest BCUT2D eigenvalue weighted by atomic mass is 9.92. The summed E-state index contributed by atoms with van der Waals surface area (Å²) in [4.78, 5) is 27.0. The maximum Gasteiger partial charge on any atom is 0.261 e. The van der Waals surface area contributed by atoms with Crippen LogP contribution in [-0.4, -0.2) is 43.0 Å². The highest BCUT2D eigenvalue weighted by Crippen LogP contribution is 2.35. The van der Waals surface area contributed by atoms with Gasteiger partial charge in [0.1, 0.15) is 5.60 Å². The van der Waals surface area contributed by atoms with Crippen LogP contribution in [0.5, 0.6) is 0 Å². The van der Waals surface area contributed by atoms with E-state index in [2.05, 4.69) is 5.32 Å². The molecule has 0 radical (unpaired) electrons. The van der Waals surface area contributed by atoms with Crippen molar-refractivity contribution in [1.29, 1.82) is 0 Å². The summed E-state index contributed by atoms with van der Waals surface area (Å²) < 4.78 is 6.22. The lowest BCUT2D eigenvalue weighted by Crippen LogP contribution is -2.50. The smallest absolute Gasteiger partial charge is 0.261 e. The summed E-state index contributed by atoms with van der Waals surface area (Å²) in [5, 5.41) is 4.19. The number of amides is 2. The molecule has 2 aliphatic heterocycles. The molecule has 0 saturated carbocycles. The Morgan fingerprint density at radius 2 is 1.71 bits per heavy atom. The van der Waals surface area contributed by atoms with E-state index in [1.165, 1.54) is 4.90 Å². The lowest BCUT2D eigenvalue weighted by molar-refractivity contribution is -0.0517. The monoisotopic (exact) mass is 440 g/mol. The Morgan fingerprint density at radius 1 is 1.04 bits per heavy atom.